The van der Waals surface area contributed by atoms with Crippen molar-refractivity contribution in [3.8, 4) is 0 Å². The number of guanidine groups is 1. The van der Waals surface area contributed by atoms with Gasteiger partial charge in [-0.1, -0.05) is 42.1 Å². The molecule has 2 N–H and O–H groups in total. The Morgan fingerprint density at radius 1 is 1.32 bits per heavy atom. The second kappa shape index (κ2) is 7.01. The van der Waals surface area contributed by atoms with Gasteiger partial charge in [-0.15, -0.1) is 0 Å². The van der Waals surface area contributed by atoms with E-state index in [1.165, 1.54) is 25.7 Å². The number of hydrogen-bond donors (Lipinski definition) is 2. The Morgan fingerprint density at radius 2 is 2.05 bits per heavy atom. The van der Waals surface area contributed by atoms with Crippen LogP contribution in [0.1, 0.15) is 31.2 Å². The summed E-state index contributed by atoms with van der Waals surface area (Å²) in [6.45, 7) is 0.641. The lowest BCUT2D eigenvalue weighted by molar-refractivity contribution is 0.613. The van der Waals surface area contributed by atoms with Gasteiger partial charge in [-0.3, -0.25) is 4.99 Å². The van der Waals surface area contributed by atoms with E-state index in [-0.39, 0.29) is 0 Å². The zero-order valence-electron chi connectivity index (χ0n) is 11.0. The molecule has 0 heterocycles. The first-order valence-corrected chi connectivity index (χ1v) is 7.36. The summed E-state index contributed by atoms with van der Waals surface area (Å²) in [6.07, 6.45) is 5.06. The van der Waals surface area contributed by atoms with Crippen molar-refractivity contribution >= 4 is 29.2 Å². The lowest BCUT2D eigenvalue weighted by Crippen LogP contribution is -2.41. The van der Waals surface area contributed by atoms with Crippen molar-refractivity contribution in [2.24, 2.45) is 4.99 Å². The van der Waals surface area contributed by atoms with Crippen LogP contribution in [0, 0.1) is 0 Å². The third-order valence-corrected chi connectivity index (χ3v) is 3.97. The highest BCUT2D eigenvalue weighted by Crippen LogP contribution is 2.21. The van der Waals surface area contributed by atoms with Crippen LogP contribution in [0.25, 0.3) is 0 Å². The minimum atomic E-state index is 0.548. The van der Waals surface area contributed by atoms with Gasteiger partial charge < -0.3 is 10.6 Å². The second-order valence-electron chi connectivity index (χ2n) is 4.79. The number of rotatable bonds is 3. The molecule has 0 bridgehead atoms. The SMILES string of the molecule is CN=C(NCc1ccc(Cl)cc1Cl)NC1CCCC1. The fraction of sp³-hybridized carbons (Fsp3) is 0.500. The molecule has 1 fully saturated rings. The fourth-order valence-electron chi connectivity index (χ4n) is 2.30. The molecule has 1 aliphatic rings. The van der Waals surface area contributed by atoms with Crippen molar-refractivity contribution in [2.75, 3.05) is 7.05 Å². The molecular weight excluding hydrogens is 281 g/mol. The third kappa shape index (κ3) is 4.29. The van der Waals surface area contributed by atoms with Crippen LogP contribution in [-0.4, -0.2) is 19.0 Å². The number of nitrogens with one attached hydrogen (secondary N) is 2. The molecule has 0 atom stereocenters. The van der Waals surface area contributed by atoms with Crippen molar-refractivity contribution in [3.63, 3.8) is 0 Å². The molecule has 1 aromatic rings. The molecular formula is C14H19Cl2N3. The zero-order valence-corrected chi connectivity index (χ0v) is 12.6. The predicted molar refractivity (Wildman–Crippen MR) is 82.1 cm³/mol. The number of halogens is 2. The van der Waals surface area contributed by atoms with Crippen LogP contribution in [0.2, 0.25) is 10.0 Å². The van der Waals surface area contributed by atoms with Crippen molar-refractivity contribution in [3.05, 3.63) is 33.8 Å². The Kier molecular flexibility index (Phi) is 5.34. The maximum atomic E-state index is 6.14. The van der Waals surface area contributed by atoms with Gasteiger partial charge in [-0.05, 0) is 30.5 Å². The molecule has 3 nitrogen and oxygen atoms in total. The first-order chi connectivity index (χ1) is 9.19. The second-order valence-corrected chi connectivity index (χ2v) is 5.63. The lowest BCUT2D eigenvalue weighted by Gasteiger charge is -2.17. The fourth-order valence-corrected chi connectivity index (χ4v) is 2.78. The highest BCUT2D eigenvalue weighted by Gasteiger charge is 2.15. The van der Waals surface area contributed by atoms with Crippen molar-refractivity contribution in [2.45, 2.75) is 38.3 Å². The molecule has 0 spiro atoms. The highest BCUT2D eigenvalue weighted by atomic mass is 35.5. The maximum Gasteiger partial charge on any atom is 0.191 e. The maximum absolute atomic E-state index is 6.14. The van der Waals surface area contributed by atoms with E-state index >= 15 is 0 Å². The summed E-state index contributed by atoms with van der Waals surface area (Å²) in [6, 6.07) is 6.08. The minimum Gasteiger partial charge on any atom is -0.354 e. The third-order valence-electron chi connectivity index (χ3n) is 3.38. The monoisotopic (exact) mass is 299 g/mol. The highest BCUT2D eigenvalue weighted by molar-refractivity contribution is 6.35. The Hall–Kier alpha value is -0.930. The lowest BCUT2D eigenvalue weighted by atomic mass is 10.2. The first-order valence-electron chi connectivity index (χ1n) is 6.60. The Labute approximate surface area is 124 Å². The van der Waals surface area contributed by atoms with Crippen molar-refractivity contribution in [1.82, 2.24) is 10.6 Å². The largest absolute Gasteiger partial charge is 0.354 e. The quantitative estimate of drug-likeness (QED) is 0.661. The van der Waals surface area contributed by atoms with E-state index in [0.717, 1.165) is 11.5 Å². The summed E-state index contributed by atoms with van der Waals surface area (Å²) < 4.78 is 0. The van der Waals surface area contributed by atoms with Crippen molar-refractivity contribution < 1.29 is 0 Å². The van der Waals surface area contributed by atoms with Gasteiger partial charge in [0.25, 0.3) is 0 Å². The van der Waals surface area contributed by atoms with E-state index in [9.17, 15) is 0 Å². The standard InChI is InChI=1S/C14H19Cl2N3/c1-17-14(19-12-4-2-3-5-12)18-9-10-6-7-11(15)8-13(10)16/h6-8,12H,2-5,9H2,1H3,(H2,17,18,19). The van der Waals surface area contributed by atoms with Crippen LogP contribution in [0.5, 0.6) is 0 Å². The summed E-state index contributed by atoms with van der Waals surface area (Å²) in [7, 11) is 1.79. The topological polar surface area (TPSA) is 36.4 Å². The van der Waals surface area contributed by atoms with Crippen LogP contribution >= 0.6 is 23.2 Å². The van der Waals surface area contributed by atoms with Crippen LogP contribution < -0.4 is 10.6 Å². The molecule has 2 rings (SSSR count). The molecule has 1 aromatic carbocycles. The summed E-state index contributed by atoms with van der Waals surface area (Å²) in [5.41, 5.74) is 1.01. The van der Waals surface area contributed by atoms with Crippen LogP contribution in [-0.2, 0) is 6.54 Å². The van der Waals surface area contributed by atoms with E-state index in [1.54, 1.807) is 13.1 Å². The molecule has 0 unspecified atom stereocenters. The molecule has 1 aliphatic carbocycles. The summed E-state index contributed by atoms with van der Waals surface area (Å²) in [5.74, 6) is 0.831. The molecule has 0 amide bonds. The van der Waals surface area contributed by atoms with E-state index in [0.29, 0.717) is 22.6 Å². The predicted octanol–water partition coefficient (Wildman–Crippen LogP) is 3.60. The normalized spacial score (nSPS) is 16.7. The van der Waals surface area contributed by atoms with Gasteiger partial charge in [0.2, 0.25) is 0 Å². The van der Waals surface area contributed by atoms with E-state index in [4.69, 9.17) is 23.2 Å². The zero-order chi connectivity index (χ0) is 13.7. The Bertz CT molecular complexity index is 454. The van der Waals surface area contributed by atoms with Crippen LogP contribution in [0.15, 0.2) is 23.2 Å². The average molecular weight is 300 g/mol. The van der Waals surface area contributed by atoms with Gasteiger partial charge in [0, 0.05) is 29.7 Å². The molecule has 0 radical (unpaired) electrons. The van der Waals surface area contributed by atoms with Gasteiger partial charge >= 0.3 is 0 Å². The molecule has 1 saturated carbocycles. The smallest absolute Gasteiger partial charge is 0.191 e. The molecule has 0 saturated heterocycles. The number of nitrogens with zero attached hydrogens (tertiary/aromatic N) is 1. The minimum absolute atomic E-state index is 0.548. The number of hydrogen-bond acceptors (Lipinski definition) is 1. The molecule has 0 aromatic heterocycles. The van der Waals surface area contributed by atoms with E-state index < -0.39 is 0 Å². The van der Waals surface area contributed by atoms with Gasteiger partial charge in [-0.25, -0.2) is 0 Å². The molecule has 19 heavy (non-hydrogen) atoms. The van der Waals surface area contributed by atoms with Gasteiger partial charge in [-0.2, -0.15) is 0 Å². The summed E-state index contributed by atoms with van der Waals surface area (Å²) in [5, 5.41) is 8.05. The van der Waals surface area contributed by atoms with Gasteiger partial charge in [0.1, 0.15) is 0 Å². The Balaban J connectivity index is 1.88. The van der Waals surface area contributed by atoms with E-state index in [1.807, 2.05) is 12.1 Å². The average Bonchev–Trinajstić information content (AvgIpc) is 2.89. The molecule has 5 heteroatoms. The molecule has 104 valence electrons. The summed E-state index contributed by atoms with van der Waals surface area (Å²) in [4.78, 5) is 4.24. The van der Waals surface area contributed by atoms with E-state index in [2.05, 4.69) is 15.6 Å². The van der Waals surface area contributed by atoms with Gasteiger partial charge in [0.15, 0.2) is 5.96 Å². The number of benzene rings is 1. The van der Waals surface area contributed by atoms with Crippen LogP contribution in [0.3, 0.4) is 0 Å². The van der Waals surface area contributed by atoms with Crippen molar-refractivity contribution in [1.29, 1.82) is 0 Å². The summed E-state index contributed by atoms with van der Waals surface area (Å²) >= 11 is 12.0. The van der Waals surface area contributed by atoms with Crippen LogP contribution in [0.4, 0.5) is 0 Å². The number of aliphatic imine (C=N–C) groups is 1. The molecule has 0 aliphatic heterocycles. The Morgan fingerprint density at radius 3 is 2.68 bits per heavy atom. The first kappa shape index (κ1) is 14.5. The van der Waals surface area contributed by atoms with Gasteiger partial charge in [0.05, 0.1) is 0 Å².